The first-order valence-corrected chi connectivity index (χ1v) is 7.11. The lowest BCUT2D eigenvalue weighted by Gasteiger charge is -2.34. The predicted molar refractivity (Wildman–Crippen MR) is 79.1 cm³/mol. The summed E-state index contributed by atoms with van der Waals surface area (Å²) in [7, 11) is 2.93. The van der Waals surface area contributed by atoms with Crippen molar-refractivity contribution in [2.24, 2.45) is 11.7 Å². The molecule has 0 rings (SSSR count). The molecule has 0 spiro atoms. The van der Waals surface area contributed by atoms with Crippen LogP contribution in [0.25, 0.3) is 0 Å². The molecular formula is C14H27N3O4. The number of aliphatic hydroxyl groups excluding tert-OH is 1. The average molecular weight is 301 g/mol. The molecule has 3 amide bonds. The van der Waals surface area contributed by atoms with Crippen LogP contribution in [0.4, 0.5) is 0 Å². The summed E-state index contributed by atoms with van der Waals surface area (Å²) < 4.78 is 0. The fourth-order valence-corrected chi connectivity index (χ4v) is 2.27. The largest absolute Gasteiger partial charge is 0.394 e. The molecule has 2 atom stereocenters. The zero-order valence-corrected chi connectivity index (χ0v) is 13.5. The third-order valence-electron chi connectivity index (χ3n) is 3.47. The molecular weight excluding hydrogens is 274 g/mol. The van der Waals surface area contributed by atoms with E-state index in [1.807, 2.05) is 6.92 Å². The Balaban J connectivity index is 5.16. The fraction of sp³-hybridized carbons (Fsp3) is 0.786. The second-order valence-corrected chi connectivity index (χ2v) is 5.49. The third kappa shape index (κ3) is 5.00. The van der Waals surface area contributed by atoms with Crippen molar-refractivity contribution in [3.8, 4) is 0 Å². The maximum Gasteiger partial charge on any atom is 0.248 e. The van der Waals surface area contributed by atoms with Crippen molar-refractivity contribution in [2.75, 3.05) is 20.7 Å². The smallest absolute Gasteiger partial charge is 0.248 e. The summed E-state index contributed by atoms with van der Waals surface area (Å²) in [4.78, 5) is 38.2. The number of carbonyl (C=O) groups excluding carboxylic acids is 3. The molecule has 0 aliphatic carbocycles. The van der Waals surface area contributed by atoms with Crippen molar-refractivity contribution in [2.45, 2.75) is 45.7 Å². The van der Waals surface area contributed by atoms with Gasteiger partial charge < -0.3 is 20.6 Å². The molecule has 0 unspecified atom stereocenters. The normalized spacial score (nSPS) is 13.7. The summed E-state index contributed by atoms with van der Waals surface area (Å²) in [5.74, 6) is -1.49. The summed E-state index contributed by atoms with van der Waals surface area (Å²) >= 11 is 0. The minimum absolute atomic E-state index is 0.160. The highest BCUT2D eigenvalue weighted by molar-refractivity contribution is 5.91. The van der Waals surface area contributed by atoms with E-state index in [4.69, 9.17) is 5.73 Å². The van der Waals surface area contributed by atoms with Crippen LogP contribution in [0.2, 0.25) is 0 Å². The maximum absolute atomic E-state index is 12.4. The summed E-state index contributed by atoms with van der Waals surface area (Å²) in [5, 5.41) is 9.43. The van der Waals surface area contributed by atoms with Crippen LogP contribution in [0, 0.1) is 5.92 Å². The van der Waals surface area contributed by atoms with E-state index < -0.39 is 30.5 Å². The highest BCUT2D eigenvalue weighted by Crippen LogP contribution is 2.13. The van der Waals surface area contributed by atoms with Gasteiger partial charge in [-0.15, -0.1) is 0 Å². The summed E-state index contributed by atoms with van der Waals surface area (Å²) in [5.41, 5.74) is 5.33. The number of hydrogen-bond acceptors (Lipinski definition) is 4. The molecule has 0 saturated carbocycles. The van der Waals surface area contributed by atoms with Gasteiger partial charge in [-0.05, 0) is 12.3 Å². The number of nitrogens with two attached hydrogens (primary N) is 1. The van der Waals surface area contributed by atoms with Gasteiger partial charge in [0.1, 0.15) is 12.1 Å². The van der Waals surface area contributed by atoms with Gasteiger partial charge in [0.05, 0.1) is 6.61 Å². The van der Waals surface area contributed by atoms with Crippen molar-refractivity contribution in [1.29, 1.82) is 0 Å². The first-order valence-electron chi connectivity index (χ1n) is 7.11. The van der Waals surface area contributed by atoms with Gasteiger partial charge in [0.15, 0.2) is 0 Å². The Morgan fingerprint density at radius 1 is 1.14 bits per heavy atom. The Kier molecular flexibility index (Phi) is 7.94. The topological polar surface area (TPSA) is 104 Å². The molecule has 0 saturated heterocycles. The van der Waals surface area contributed by atoms with E-state index in [1.165, 1.54) is 23.9 Å². The van der Waals surface area contributed by atoms with Gasteiger partial charge in [0.25, 0.3) is 0 Å². The number of aliphatic hydroxyl groups is 1. The molecule has 0 aliphatic heterocycles. The molecule has 122 valence electrons. The molecule has 0 radical (unpaired) electrons. The number of likely N-dealkylation sites (N-methyl/N-ethyl adjacent to an activating group) is 2. The number of carbonyl (C=O) groups is 3. The van der Waals surface area contributed by atoms with Crippen LogP contribution in [-0.2, 0) is 14.4 Å². The molecule has 0 fully saturated rings. The molecule has 0 aromatic carbocycles. The standard InChI is InChI=1S/C14H27N3O4/c1-6-7-11(19)16(4)10(8-18)14(21)17(5)12(9(2)3)13(15)20/h9-10,12,18H,6-8H2,1-5H3,(H2,15,20)/t10-,12+/m1/s1. The van der Waals surface area contributed by atoms with Crippen LogP contribution in [0.15, 0.2) is 0 Å². The van der Waals surface area contributed by atoms with Gasteiger partial charge >= 0.3 is 0 Å². The Hall–Kier alpha value is -1.63. The third-order valence-corrected chi connectivity index (χ3v) is 3.47. The first-order chi connectivity index (χ1) is 9.68. The van der Waals surface area contributed by atoms with Crippen molar-refractivity contribution >= 4 is 17.7 Å². The van der Waals surface area contributed by atoms with Crippen LogP contribution < -0.4 is 5.73 Å². The quantitative estimate of drug-likeness (QED) is 0.635. The van der Waals surface area contributed by atoms with Crippen LogP contribution in [0.1, 0.15) is 33.6 Å². The van der Waals surface area contributed by atoms with Gasteiger partial charge in [0, 0.05) is 20.5 Å². The molecule has 7 nitrogen and oxygen atoms in total. The Labute approximate surface area is 126 Å². The van der Waals surface area contributed by atoms with Gasteiger partial charge in [-0.3, -0.25) is 14.4 Å². The van der Waals surface area contributed by atoms with Gasteiger partial charge in [-0.2, -0.15) is 0 Å². The summed E-state index contributed by atoms with van der Waals surface area (Å²) in [6, 6.07) is -1.78. The average Bonchev–Trinajstić information content (AvgIpc) is 2.38. The minimum atomic E-state index is -1.00. The van der Waals surface area contributed by atoms with Gasteiger partial charge in [-0.1, -0.05) is 20.8 Å². The number of primary amides is 1. The molecule has 0 heterocycles. The molecule has 0 bridgehead atoms. The number of nitrogens with zero attached hydrogens (tertiary/aromatic N) is 2. The molecule has 0 aromatic rings. The zero-order chi connectivity index (χ0) is 16.7. The predicted octanol–water partition coefficient (Wildman–Crippen LogP) is -0.426. The Morgan fingerprint density at radius 2 is 1.67 bits per heavy atom. The number of amides is 3. The lowest BCUT2D eigenvalue weighted by molar-refractivity contribution is -0.149. The highest BCUT2D eigenvalue weighted by atomic mass is 16.3. The first kappa shape index (κ1) is 19.4. The highest BCUT2D eigenvalue weighted by Gasteiger charge is 2.34. The van der Waals surface area contributed by atoms with Crippen molar-refractivity contribution in [3.63, 3.8) is 0 Å². The van der Waals surface area contributed by atoms with Crippen LogP contribution >= 0.6 is 0 Å². The van der Waals surface area contributed by atoms with Crippen molar-refractivity contribution < 1.29 is 19.5 Å². The van der Waals surface area contributed by atoms with Crippen LogP contribution in [-0.4, -0.2) is 65.4 Å². The summed E-state index contributed by atoms with van der Waals surface area (Å²) in [6.07, 6.45) is 0.953. The van der Waals surface area contributed by atoms with E-state index in [2.05, 4.69) is 0 Å². The molecule has 7 heteroatoms. The SMILES string of the molecule is CCCC(=O)N(C)[C@H](CO)C(=O)N(C)[C@H](C(N)=O)C(C)C. The van der Waals surface area contributed by atoms with E-state index in [9.17, 15) is 19.5 Å². The van der Waals surface area contributed by atoms with E-state index in [-0.39, 0.29) is 11.8 Å². The van der Waals surface area contributed by atoms with Crippen LogP contribution in [0.5, 0.6) is 0 Å². The second kappa shape index (κ2) is 8.61. The zero-order valence-electron chi connectivity index (χ0n) is 13.5. The molecule has 21 heavy (non-hydrogen) atoms. The van der Waals surface area contributed by atoms with Gasteiger partial charge in [0.2, 0.25) is 17.7 Å². The monoisotopic (exact) mass is 301 g/mol. The maximum atomic E-state index is 12.4. The lowest BCUT2D eigenvalue weighted by Crippen LogP contribution is -2.56. The fourth-order valence-electron chi connectivity index (χ4n) is 2.27. The lowest BCUT2D eigenvalue weighted by atomic mass is 10.0. The molecule has 0 aromatic heterocycles. The second-order valence-electron chi connectivity index (χ2n) is 5.49. The summed E-state index contributed by atoms with van der Waals surface area (Å²) in [6.45, 7) is 4.91. The van der Waals surface area contributed by atoms with Crippen molar-refractivity contribution in [1.82, 2.24) is 9.80 Å². The van der Waals surface area contributed by atoms with E-state index in [0.29, 0.717) is 12.8 Å². The number of hydrogen-bond donors (Lipinski definition) is 2. The van der Waals surface area contributed by atoms with Crippen LogP contribution in [0.3, 0.4) is 0 Å². The molecule has 3 N–H and O–H groups in total. The molecule has 0 aliphatic rings. The van der Waals surface area contributed by atoms with E-state index in [0.717, 1.165) is 0 Å². The minimum Gasteiger partial charge on any atom is -0.394 e. The Morgan fingerprint density at radius 3 is 2.00 bits per heavy atom. The van der Waals surface area contributed by atoms with Crippen molar-refractivity contribution in [3.05, 3.63) is 0 Å². The van der Waals surface area contributed by atoms with E-state index >= 15 is 0 Å². The van der Waals surface area contributed by atoms with Gasteiger partial charge in [-0.25, -0.2) is 0 Å². The number of rotatable bonds is 8. The van der Waals surface area contributed by atoms with E-state index in [1.54, 1.807) is 13.8 Å². The Bertz CT molecular complexity index is 384.